The Balaban J connectivity index is 2.42. The lowest BCUT2D eigenvalue weighted by Crippen LogP contribution is -2.43. The van der Waals surface area contributed by atoms with Crippen LogP contribution in [0.25, 0.3) is 0 Å². The van der Waals surface area contributed by atoms with E-state index >= 15 is 0 Å². The zero-order chi connectivity index (χ0) is 18.4. The third kappa shape index (κ3) is 4.90. The molecule has 1 unspecified atom stereocenters. The molecule has 0 N–H and O–H groups in total. The number of carbonyl (C=O) groups excluding carboxylic acids is 1. The number of ether oxygens (including phenoxy) is 1. The lowest BCUT2D eigenvalue weighted by Gasteiger charge is -2.27. The van der Waals surface area contributed by atoms with Crippen LogP contribution in [0.3, 0.4) is 0 Å². The van der Waals surface area contributed by atoms with Gasteiger partial charge in [0.2, 0.25) is 10.0 Å². The van der Waals surface area contributed by atoms with Crippen molar-refractivity contribution in [2.75, 3.05) is 6.61 Å². The third-order valence-corrected chi connectivity index (χ3v) is 6.12. The normalized spacial score (nSPS) is 12.8. The molecule has 0 fully saturated rings. The molecular formula is C18H20BrNO4S. The molecule has 5 nitrogen and oxygen atoms in total. The van der Waals surface area contributed by atoms with Gasteiger partial charge in [-0.15, -0.1) is 0 Å². The van der Waals surface area contributed by atoms with Crippen LogP contribution in [0, 0.1) is 0 Å². The number of benzene rings is 2. The predicted octanol–water partition coefficient (Wildman–Crippen LogP) is 3.59. The van der Waals surface area contributed by atoms with Gasteiger partial charge in [-0.25, -0.2) is 8.42 Å². The maximum atomic E-state index is 13.1. The highest BCUT2D eigenvalue weighted by atomic mass is 79.9. The van der Waals surface area contributed by atoms with E-state index in [0.29, 0.717) is 0 Å². The highest BCUT2D eigenvalue weighted by molar-refractivity contribution is 9.10. The molecule has 0 aliphatic rings. The van der Waals surface area contributed by atoms with Crippen LogP contribution in [-0.4, -0.2) is 31.3 Å². The summed E-state index contributed by atoms with van der Waals surface area (Å²) in [6.45, 7) is 3.51. The fourth-order valence-electron chi connectivity index (χ4n) is 2.32. The van der Waals surface area contributed by atoms with Gasteiger partial charge in [0, 0.05) is 11.0 Å². The molecule has 1 atom stereocenters. The number of sulfonamides is 1. The van der Waals surface area contributed by atoms with Gasteiger partial charge in [0.15, 0.2) is 0 Å². The van der Waals surface area contributed by atoms with E-state index in [9.17, 15) is 13.2 Å². The monoisotopic (exact) mass is 425 g/mol. The molecular weight excluding hydrogens is 406 g/mol. The largest absolute Gasteiger partial charge is 0.465 e. The summed E-state index contributed by atoms with van der Waals surface area (Å²) in [6, 6.07) is 14.5. The van der Waals surface area contributed by atoms with Crippen molar-refractivity contribution in [3.8, 4) is 0 Å². The second-order valence-electron chi connectivity index (χ2n) is 5.42. The second kappa shape index (κ2) is 8.60. The molecule has 0 spiro atoms. The number of hydrogen-bond donors (Lipinski definition) is 0. The SMILES string of the molecule is CCOC(=O)C(C)N(Cc1ccccc1)S(=O)(=O)c1ccc(Br)cc1. The maximum absolute atomic E-state index is 13.1. The van der Waals surface area contributed by atoms with E-state index in [1.165, 1.54) is 23.4 Å². The molecule has 0 heterocycles. The molecule has 0 aromatic heterocycles. The highest BCUT2D eigenvalue weighted by Gasteiger charge is 2.33. The number of halogens is 1. The quantitative estimate of drug-likeness (QED) is 0.635. The van der Waals surface area contributed by atoms with Crippen molar-refractivity contribution in [1.29, 1.82) is 0 Å². The van der Waals surface area contributed by atoms with Crippen molar-refractivity contribution in [2.45, 2.75) is 31.3 Å². The Kier molecular flexibility index (Phi) is 6.75. The molecule has 0 saturated carbocycles. The summed E-state index contributed by atoms with van der Waals surface area (Å²) < 4.78 is 33.2. The Morgan fingerprint density at radius 1 is 1.12 bits per heavy atom. The molecule has 2 aromatic rings. The summed E-state index contributed by atoms with van der Waals surface area (Å²) >= 11 is 3.29. The Bertz CT molecular complexity index is 807. The summed E-state index contributed by atoms with van der Waals surface area (Å²) in [5.74, 6) is -0.570. The Labute approximate surface area is 156 Å². The maximum Gasteiger partial charge on any atom is 0.324 e. The first-order valence-corrected chi connectivity index (χ1v) is 10.1. The second-order valence-corrected chi connectivity index (χ2v) is 8.22. The molecule has 0 radical (unpaired) electrons. The van der Waals surface area contributed by atoms with E-state index in [1.54, 1.807) is 19.1 Å². The van der Waals surface area contributed by atoms with Crippen LogP contribution < -0.4 is 0 Å². The van der Waals surface area contributed by atoms with Gasteiger partial charge < -0.3 is 4.74 Å². The van der Waals surface area contributed by atoms with Gasteiger partial charge in [-0.2, -0.15) is 4.31 Å². The fraction of sp³-hybridized carbons (Fsp3) is 0.278. The van der Waals surface area contributed by atoms with Crippen LogP contribution in [0.15, 0.2) is 64.0 Å². The number of hydrogen-bond acceptors (Lipinski definition) is 4. The number of carbonyl (C=O) groups is 1. The average molecular weight is 426 g/mol. The average Bonchev–Trinajstić information content (AvgIpc) is 2.60. The summed E-state index contributed by atoms with van der Waals surface area (Å²) in [6.07, 6.45) is 0. The van der Waals surface area contributed by atoms with E-state index in [-0.39, 0.29) is 18.0 Å². The van der Waals surface area contributed by atoms with Crippen molar-refractivity contribution < 1.29 is 17.9 Å². The van der Waals surface area contributed by atoms with Crippen LogP contribution in [0.2, 0.25) is 0 Å². The van der Waals surface area contributed by atoms with Crippen molar-refractivity contribution in [2.24, 2.45) is 0 Å². The van der Waals surface area contributed by atoms with Crippen molar-refractivity contribution in [3.05, 3.63) is 64.6 Å². The minimum atomic E-state index is -3.87. The standard InChI is InChI=1S/C18H20BrNO4S/c1-3-24-18(21)14(2)20(13-15-7-5-4-6-8-15)25(22,23)17-11-9-16(19)10-12-17/h4-12,14H,3,13H2,1-2H3. The number of rotatable bonds is 7. The minimum Gasteiger partial charge on any atom is -0.465 e. The molecule has 2 rings (SSSR count). The molecule has 0 aliphatic carbocycles. The van der Waals surface area contributed by atoms with Crippen LogP contribution in [0.5, 0.6) is 0 Å². The first kappa shape index (κ1) is 19.6. The summed E-state index contributed by atoms with van der Waals surface area (Å²) in [7, 11) is -3.87. The Morgan fingerprint density at radius 3 is 2.28 bits per heavy atom. The first-order valence-electron chi connectivity index (χ1n) is 7.84. The van der Waals surface area contributed by atoms with Crippen LogP contribution in [-0.2, 0) is 26.1 Å². The fourth-order valence-corrected chi connectivity index (χ4v) is 4.15. The number of esters is 1. The van der Waals surface area contributed by atoms with Crippen LogP contribution in [0.4, 0.5) is 0 Å². The molecule has 0 aliphatic heterocycles. The minimum absolute atomic E-state index is 0.0826. The van der Waals surface area contributed by atoms with Gasteiger partial charge >= 0.3 is 5.97 Å². The Hall–Kier alpha value is -1.70. The van der Waals surface area contributed by atoms with Gasteiger partial charge in [-0.3, -0.25) is 4.79 Å². The predicted molar refractivity (Wildman–Crippen MR) is 99.4 cm³/mol. The van der Waals surface area contributed by atoms with Crippen molar-refractivity contribution in [1.82, 2.24) is 4.31 Å². The molecule has 0 bridgehead atoms. The molecule has 0 amide bonds. The van der Waals surface area contributed by atoms with E-state index in [4.69, 9.17) is 4.74 Å². The zero-order valence-electron chi connectivity index (χ0n) is 14.1. The molecule has 2 aromatic carbocycles. The van der Waals surface area contributed by atoms with Gasteiger partial charge in [-0.1, -0.05) is 46.3 Å². The smallest absolute Gasteiger partial charge is 0.324 e. The van der Waals surface area contributed by atoms with Gasteiger partial charge in [0.1, 0.15) is 6.04 Å². The van der Waals surface area contributed by atoms with Crippen LogP contribution in [0.1, 0.15) is 19.4 Å². The van der Waals surface area contributed by atoms with Crippen molar-refractivity contribution >= 4 is 31.9 Å². The molecule has 7 heteroatoms. The topological polar surface area (TPSA) is 63.7 Å². The lowest BCUT2D eigenvalue weighted by molar-refractivity contribution is -0.147. The van der Waals surface area contributed by atoms with E-state index in [0.717, 1.165) is 10.0 Å². The Morgan fingerprint density at radius 2 is 1.72 bits per heavy atom. The summed E-state index contributed by atoms with van der Waals surface area (Å²) in [5, 5.41) is 0. The molecule has 134 valence electrons. The van der Waals surface area contributed by atoms with Crippen molar-refractivity contribution in [3.63, 3.8) is 0 Å². The van der Waals surface area contributed by atoms with E-state index in [1.807, 2.05) is 30.3 Å². The summed E-state index contributed by atoms with van der Waals surface area (Å²) in [5.41, 5.74) is 0.791. The summed E-state index contributed by atoms with van der Waals surface area (Å²) in [4.78, 5) is 12.3. The van der Waals surface area contributed by atoms with Gasteiger partial charge in [0.25, 0.3) is 0 Å². The number of nitrogens with zero attached hydrogens (tertiary/aromatic N) is 1. The van der Waals surface area contributed by atoms with Gasteiger partial charge in [0.05, 0.1) is 11.5 Å². The lowest BCUT2D eigenvalue weighted by atomic mass is 10.2. The third-order valence-electron chi connectivity index (χ3n) is 3.66. The van der Waals surface area contributed by atoms with E-state index < -0.39 is 22.0 Å². The van der Waals surface area contributed by atoms with Crippen LogP contribution >= 0.6 is 15.9 Å². The molecule has 0 saturated heterocycles. The zero-order valence-corrected chi connectivity index (χ0v) is 16.5. The van der Waals surface area contributed by atoms with Gasteiger partial charge in [-0.05, 0) is 43.7 Å². The highest BCUT2D eigenvalue weighted by Crippen LogP contribution is 2.23. The first-order chi connectivity index (χ1) is 11.9. The molecule has 25 heavy (non-hydrogen) atoms. The van der Waals surface area contributed by atoms with E-state index in [2.05, 4.69) is 15.9 Å².